The molecule has 0 fully saturated rings. The van der Waals surface area contributed by atoms with Crippen LogP contribution in [0.1, 0.15) is 33.1 Å². The van der Waals surface area contributed by atoms with Crippen LogP contribution in [-0.2, 0) is 0 Å². The molecular formula is C9H20N4O2. The van der Waals surface area contributed by atoms with Crippen LogP contribution < -0.4 is 16.4 Å². The molecule has 2 amide bonds. The predicted molar refractivity (Wildman–Crippen MR) is 58.9 cm³/mol. The summed E-state index contributed by atoms with van der Waals surface area (Å²) in [7, 11) is 0. The zero-order chi connectivity index (χ0) is 11.7. The van der Waals surface area contributed by atoms with Gasteiger partial charge >= 0.3 is 6.03 Å². The van der Waals surface area contributed by atoms with Crippen LogP contribution in [0, 0.1) is 0 Å². The van der Waals surface area contributed by atoms with Crippen LogP contribution in [0.3, 0.4) is 0 Å². The van der Waals surface area contributed by atoms with Crippen LogP contribution >= 0.6 is 0 Å². The number of carbonyl (C=O) groups is 1. The van der Waals surface area contributed by atoms with Gasteiger partial charge < -0.3 is 21.6 Å². The number of oxime groups is 1. The fourth-order valence-corrected chi connectivity index (χ4v) is 1.04. The summed E-state index contributed by atoms with van der Waals surface area (Å²) in [6.07, 6.45) is 2.54. The first-order valence-corrected chi connectivity index (χ1v) is 5.17. The van der Waals surface area contributed by atoms with E-state index in [1.807, 2.05) is 13.8 Å². The minimum Gasteiger partial charge on any atom is -0.409 e. The average molecular weight is 216 g/mol. The highest BCUT2D eigenvalue weighted by Gasteiger charge is 2.13. The minimum absolute atomic E-state index is 0.0168. The molecule has 6 nitrogen and oxygen atoms in total. The van der Waals surface area contributed by atoms with Gasteiger partial charge in [0, 0.05) is 6.54 Å². The largest absolute Gasteiger partial charge is 0.409 e. The number of carbonyl (C=O) groups excluding carboxylic acids is 1. The van der Waals surface area contributed by atoms with Crippen molar-refractivity contribution in [3.05, 3.63) is 0 Å². The lowest BCUT2D eigenvalue weighted by atomic mass is 10.2. The van der Waals surface area contributed by atoms with Gasteiger partial charge in [0.25, 0.3) is 0 Å². The Bertz CT molecular complexity index is 218. The maximum Gasteiger partial charge on any atom is 0.315 e. The molecular weight excluding hydrogens is 196 g/mol. The van der Waals surface area contributed by atoms with Gasteiger partial charge in [-0.25, -0.2) is 4.79 Å². The average Bonchev–Trinajstić information content (AvgIpc) is 2.25. The molecule has 15 heavy (non-hydrogen) atoms. The third-order valence-corrected chi connectivity index (χ3v) is 2.00. The van der Waals surface area contributed by atoms with Crippen LogP contribution in [0.25, 0.3) is 0 Å². The van der Waals surface area contributed by atoms with Crippen molar-refractivity contribution in [2.24, 2.45) is 10.9 Å². The molecule has 0 aromatic heterocycles. The van der Waals surface area contributed by atoms with Gasteiger partial charge in [0.1, 0.15) is 0 Å². The highest BCUT2D eigenvalue weighted by atomic mass is 16.4. The number of nitrogens with zero attached hydrogens (tertiary/aromatic N) is 1. The van der Waals surface area contributed by atoms with Crippen molar-refractivity contribution in [1.82, 2.24) is 10.6 Å². The molecule has 0 aliphatic carbocycles. The SMILES string of the molecule is CCCCNC(=O)NC(CC)/C(N)=N/O. The lowest BCUT2D eigenvalue weighted by molar-refractivity contribution is 0.238. The molecule has 0 saturated heterocycles. The number of unbranched alkanes of at least 4 members (excludes halogenated alkanes) is 1. The number of urea groups is 1. The minimum atomic E-state index is -0.420. The molecule has 88 valence electrons. The van der Waals surface area contributed by atoms with Gasteiger partial charge in [0.2, 0.25) is 0 Å². The number of rotatable bonds is 6. The van der Waals surface area contributed by atoms with Crippen LogP contribution in [0.5, 0.6) is 0 Å². The van der Waals surface area contributed by atoms with E-state index in [0.29, 0.717) is 13.0 Å². The highest BCUT2D eigenvalue weighted by Crippen LogP contribution is 1.91. The highest BCUT2D eigenvalue weighted by molar-refractivity contribution is 5.89. The second kappa shape index (κ2) is 7.90. The van der Waals surface area contributed by atoms with E-state index in [-0.39, 0.29) is 11.9 Å². The molecule has 0 aliphatic heterocycles. The first-order chi connectivity index (χ1) is 7.15. The summed E-state index contributed by atoms with van der Waals surface area (Å²) < 4.78 is 0. The standard InChI is InChI=1S/C9H20N4O2/c1-3-5-6-11-9(14)12-7(4-2)8(10)13-15/h7,15H,3-6H2,1-2H3,(H2,10,13)(H2,11,12,14). The quantitative estimate of drug-likeness (QED) is 0.172. The van der Waals surface area contributed by atoms with Crippen molar-refractivity contribution in [3.63, 3.8) is 0 Å². The number of amidine groups is 1. The van der Waals surface area contributed by atoms with Gasteiger partial charge in [-0.3, -0.25) is 0 Å². The zero-order valence-electron chi connectivity index (χ0n) is 9.29. The molecule has 0 rings (SSSR count). The van der Waals surface area contributed by atoms with Crippen molar-refractivity contribution in [3.8, 4) is 0 Å². The number of hydrogen-bond donors (Lipinski definition) is 4. The maximum absolute atomic E-state index is 11.3. The van der Waals surface area contributed by atoms with Crippen molar-refractivity contribution in [2.75, 3.05) is 6.54 Å². The molecule has 1 unspecified atom stereocenters. The molecule has 0 heterocycles. The number of amides is 2. The molecule has 0 aromatic rings. The lowest BCUT2D eigenvalue weighted by Crippen LogP contribution is -2.48. The summed E-state index contributed by atoms with van der Waals surface area (Å²) in [5.41, 5.74) is 5.39. The van der Waals surface area contributed by atoms with Crippen LogP contribution in [0.4, 0.5) is 4.79 Å². The van der Waals surface area contributed by atoms with E-state index in [9.17, 15) is 4.79 Å². The summed E-state index contributed by atoms with van der Waals surface area (Å²) in [5, 5.41) is 16.6. The van der Waals surface area contributed by atoms with Gasteiger partial charge in [0.15, 0.2) is 5.84 Å². The molecule has 0 spiro atoms. The molecule has 0 bridgehead atoms. The fourth-order valence-electron chi connectivity index (χ4n) is 1.04. The third kappa shape index (κ3) is 5.77. The Labute approximate surface area is 89.9 Å². The third-order valence-electron chi connectivity index (χ3n) is 2.00. The van der Waals surface area contributed by atoms with Crippen molar-refractivity contribution in [1.29, 1.82) is 0 Å². The van der Waals surface area contributed by atoms with Crippen molar-refractivity contribution in [2.45, 2.75) is 39.2 Å². The molecule has 0 radical (unpaired) electrons. The summed E-state index contributed by atoms with van der Waals surface area (Å²) >= 11 is 0. The van der Waals surface area contributed by atoms with E-state index in [2.05, 4.69) is 15.8 Å². The summed E-state index contributed by atoms with van der Waals surface area (Å²) in [6.45, 7) is 4.52. The smallest absolute Gasteiger partial charge is 0.315 e. The Morgan fingerprint density at radius 3 is 2.67 bits per heavy atom. The molecule has 0 aromatic carbocycles. The Hall–Kier alpha value is -1.46. The summed E-state index contributed by atoms with van der Waals surface area (Å²) in [4.78, 5) is 11.3. The van der Waals surface area contributed by atoms with E-state index in [1.54, 1.807) is 0 Å². The van der Waals surface area contributed by atoms with E-state index in [4.69, 9.17) is 10.9 Å². The second-order valence-electron chi connectivity index (χ2n) is 3.24. The molecule has 5 N–H and O–H groups in total. The maximum atomic E-state index is 11.3. The monoisotopic (exact) mass is 216 g/mol. The Morgan fingerprint density at radius 2 is 2.20 bits per heavy atom. The Balaban J connectivity index is 3.91. The molecule has 0 saturated carbocycles. The number of nitrogens with two attached hydrogens (primary N) is 1. The van der Waals surface area contributed by atoms with Crippen molar-refractivity contribution >= 4 is 11.9 Å². The van der Waals surface area contributed by atoms with Crippen LogP contribution in [0.2, 0.25) is 0 Å². The second-order valence-corrected chi connectivity index (χ2v) is 3.24. The van der Waals surface area contributed by atoms with Gasteiger partial charge in [0.05, 0.1) is 6.04 Å². The van der Waals surface area contributed by atoms with Gasteiger partial charge in [-0.05, 0) is 12.8 Å². The van der Waals surface area contributed by atoms with E-state index >= 15 is 0 Å². The Morgan fingerprint density at radius 1 is 1.53 bits per heavy atom. The van der Waals surface area contributed by atoms with Crippen LogP contribution in [0.15, 0.2) is 5.16 Å². The number of hydrogen-bond acceptors (Lipinski definition) is 3. The topological polar surface area (TPSA) is 99.7 Å². The van der Waals surface area contributed by atoms with E-state index in [1.165, 1.54) is 0 Å². The predicted octanol–water partition coefficient (Wildman–Crippen LogP) is 0.611. The molecule has 6 heteroatoms. The van der Waals surface area contributed by atoms with Crippen LogP contribution in [-0.4, -0.2) is 29.7 Å². The molecule has 0 aliphatic rings. The summed E-state index contributed by atoms with van der Waals surface area (Å²) in [5.74, 6) is 0.0168. The fraction of sp³-hybridized carbons (Fsp3) is 0.778. The number of nitrogens with one attached hydrogen (secondary N) is 2. The van der Waals surface area contributed by atoms with Crippen molar-refractivity contribution < 1.29 is 10.0 Å². The zero-order valence-corrected chi connectivity index (χ0v) is 9.29. The summed E-state index contributed by atoms with van der Waals surface area (Å²) in [6, 6.07) is -0.710. The Kier molecular flexibility index (Phi) is 7.13. The first kappa shape index (κ1) is 13.5. The van der Waals surface area contributed by atoms with Gasteiger partial charge in [-0.2, -0.15) is 0 Å². The normalized spacial score (nSPS) is 13.3. The van der Waals surface area contributed by atoms with E-state index < -0.39 is 6.04 Å². The van der Waals surface area contributed by atoms with Gasteiger partial charge in [-0.15, -0.1) is 0 Å². The van der Waals surface area contributed by atoms with Gasteiger partial charge in [-0.1, -0.05) is 25.4 Å². The molecule has 1 atom stereocenters. The van der Waals surface area contributed by atoms with E-state index in [0.717, 1.165) is 12.8 Å². The lowest BCUT2D eigenvalue weighted by Gasteiger charge is -2.15. The first-order valence-electron chi connectivity index (χ1n) is 5.17.